The minimum absolute atomic E-state index is 0.0668. The minimum Gasteiger partial charge on any atom is -0.383 e. The van der Waals surface area contributed by atoms with E-state index in [0.717, 1.165) is 30.8 Å². The third-order valence-corrected chi connectivity index (χ3v) is 4.60. The molecule has 0 amide bonds. The van der Waals surface area contributed by atoms with Crippen molar-refractivity contribution < 1.29 is 0 Å². The lowest BCUT2D eigenvalue weighted by Crippen LogP contribution is -2.27. The lowest BCUT2D eigenvalue weighted by Gasteiger charge is -2.24. The molecule has 0 saturated carbocycles. The third kappa shape index (κ3) is 3.28. The summed E-state index contributed by atoms with van der Waals surface area (Å²) in [4.78, 5) is 9.79. The molecular weight excluding hydrogens is 268 g/mol. The first-order chi connectivity index (χ1) is 9.54. The molecule has 2 aromatic rings. The van der Waals surface area contributed by atoms with Gasteiger partial charge in [-0.1, -0.05) is 33.3 Å². The van der Waals surface area contributed by atoms with Gasteiger partial charge in [0.25, 0.3) is 0 Å². The Kier molecular flexibility index (Phi) is 4.60. The topological polar surface area (TPSA) is 63.8 Å². The van der Waals surface area contributed by atoms with Crippen LogP contribution in [-0.4, -0.2) is 16.5 Å². The van der Waals surface area contributed by atoms with Crippen molar-refractivity contribution in [1.82, 2.24) is 9.97 Å². The zero-order valence-corrected chi connectivity index (χ0v) is 13.1. The SMILES string of the molecule is CCCc1c(N)ncnc1NCC(C)(C)c1cccs1. The molecule has 108 valence electrons. The van der Waals surface area contributed by atoms with Crippen LogP contribution in [0.2, 0.25) is 0 Å². The number of aromatic nitrogens is 2. The Morgan fingerprint density at radius 2 is 2.15 bits per heavy atom. The molecule has 0 unspecified atom stereocenters. The zero-order chi connectivity index (χ0) is 14.6. The highest BCUT2D eigenvalue weighted by Crippen LogP contribution is 2.28. The van der Waals surface area contributed by atoms with Gasteiger partial charge in [0.05, 0.1) is 0 Å². The molecule has 0 atom stereocenters. The first-order valence-electron chi connectivity index (χ1n) is 6.92. The molecule has 2 heterocycles. The van der Waals surface area contributed by atoms with Crippen molar-refractivity contribution in [3.05, 3.63) is 34.3 Å². The smallest absolute Gasteiger partial charge is 0.134 e. The predicted molar refractivity (Wildman–Crippen MR) is 86.3 cm³/mol. The molecule has 0 radical (unpaired) electrons. The number of nitrogen functional groups attached to an aromatic ring is 1. The second-order valence-corrected chi connectivity index (χ2v) is 6.50. The molecular formula is C15H22N4S. The van der Waals surface area contributed by atoms with Gasteiger partial charge >= 0.3 is 0 Å². The van der Waals surface area contributed by atoms with Crippen molar-refractivity contribution >= 4 is 23.0 Å². The van der Waals surface area contributed by atoms with Crippen LogP contribution in [-0.2, 0) is 11.8 Å². The van der Waals surface area contributed by atoms with E-state index in [1.54, 1.807) is 11.3 Å². The van der Waals surface area contributed by atoms with Crippen molar-refractivity contribution in [2.24, 2.45) is 0 Å². The molecule has 0 fully saturated rings. The minimum atomic E-state index is 0.0668. The molecule has 4 nitrogen and oxygen atoms in total. The number of hydrogen-bond donors (Lipinski definition) is 2. The highest BCUT2D eigenvalue weighted by atomic mass is 32.1. The van der Waals surface area contributed by atoms with Gasteiger partial charge in [0.1, 0.15) is 18.0 Å². The molecule has 2 aromatic heterocycles. The number of nitrogens with zero attached hydrogens (tertiary/aromatic N) is 2. The van der Waals surface area contributed by atoms with Crippen LogP contribution in [0, 0.1) is 0 Å². The lowest BCUT2D eigenvalue weighted by molar-refractivity contribution is 0.567. The van der Waals surface area contributed by atoms with Crippen LogP contribution in [0.3, 0.4) is 0 Å². The highest BCUT2D eigenvalue weighted by molar-refractivity contribution is 7.10. The van der Waals surface area contributed by atoms with Gasteiger partial charge in [0, 0.05) is 22.4 Å². The van der Waals surface area contributed by atoms with Crippen molar-refractivity contribution in [2.75, 3.05) is 17.6 Å². The first kappa shape index (κ1) is 14.8. The van der Waals surface area contributed by atoms with Crippen molar-refractivity contribution in [2.45, 2.75) is 39.0 Å². The van der Waals surface area contributed by atoms with Crippen LogP contribution >= 0.6 is 11.3 Å². The third-order valence-electron chi connectivity index (χ3n) is 3.36. The molecule has 3 N–H and O–H groups in total. The quantitative estimate of drug-likeness (QED) is 0.855. The second kappa shape index (κ2) is 6.22. The highest BCUT2D eigenvalue weighted by Gasteiger charge is 2.22. The summed E-state index contributed by atoms with van der Waals surface area (Å²) in [5, 5.41) is 5.56. The lowest BCUT2D eigenvalue weighted by atomic mass is 9.91. The van der Waals surface area contributed by atoms with Crippen LogP contribution in [0.15, 0.2) is 23.8 Å². The number of hydrogen-bond acceptors (Lipinski definition) is 5. The van der Waals surface area contributed by atoms with Crippen LogP contribution in [0.4, 0.5) is 11.6 Å². The van der Waals surface area contributed by atoms with Gasteiger partial charge in [-0.3, -0.25) is 0 Å². The predicted octanol–water partition coefficient (Wildman–Crippen LogP) is 3.46. The average molecular weight is 290 g/mol. The first-order valence-corrected chi connectivity index (χ1v) is 7.79. The van der Waals surface area contributed by atoms with Crippen molar-refractivity contribution in [3.8, 4) is 0 Å². The van der Waals surface area contributed by atoms with E-state index < -0.39 is 0 Å². The molecule has 0 aliphatic rings. The summed E-state index contributed by atoms with van der Waals surface area (Å²) in [5.41, 5.74) is 7.04. The Morgan fingerprint density at radius 3 is 2.80 bits per heavy atom. The van der Waals surface area contributed by atoms with Gasteiger partial charge in [-0.05, 0) is 17.9 Å². The largest absolute Gasteiger partial charge is 0.383 e. The van der Waals surface area contributed by atoms with Gasteiger partial charge in [-0.15, -0.1) is 11.3 Å². The normalized spacial score (nSPS) is 11.6. The van der Waals surface area contributed by atoms with Gasteiger partial charge in [0.15, 0.2) is 0 Å². The molecule has 0 aliphatic heterocycles. The van der Waals surface area contributed by atoms with E-state index in [1.807, 2.05) is 0 Å². The Morgan fingerprint density at radius 1 is 1.35 bits per heavy atom. The second-order valence-electron chi connectivity index (χ2n) is 5.55. The monoisotopic (exact) mass is 290 g/mol. The fourth-order valence-corrected chi connectivity index (χ4v) is 2.98. The maximum atomic E-state index is 5.95. The van der Waals surface area contributed by atoms with E-state index in [1.165, 1.54) is 11.2 Å². The number of nitrogens with one attached hydrogen (secondary N) is 1. The fourth-order valence-electron chi connectivity index (χ4n) is 2.13. The van der Waals surface area contributed by atoms with Crippen LogP contribution in [0.25, 0.3) is 0 Å². The number of thiophene rings is 1. The van der Waals surface area contributed by atoms with E-state index in [9.17, 15) is 0 Å². The standard InChI is InChI=1S/C15H22N4S/c1-4-6-11-13(16)18-10-19-14(11)17-9-15(2,3)12-7-5-8-20-12/h5,7-8,10H,4,6,9H2,1-3H3,(H3,16,17,18,19). The molecule has 0 bridgehead atoms. The summed E-state index contributed by atoms with van der Waals surface area (Å²) in [5.74, 6) is 1.45. The number of nitrogens with two attached hydrogens (primary N) is 1. The Bertz CT molecular complexity index is 549. The Balaban J connectivity index is 2.13. The van der Waals surface area contributed by atoms with Gasteiger partial charge in [-0.2, -0.15) is 0 Å². The molecule has 0 saturated heterocycles. The zero-order valence-electron chi connectivity index (χ0n) is 12.3. The van der Waals surface area contributed by atoms with Crippen molar-refractivity contribution in [3.63, 3.8) is 0 Å². The van der Waals surface area contributed by atoms with E-state index in [0.29, 0.717) is 5.82 Å². The number of rotatable bonds is 6. The summed E-state index contributed by atoms with van der Waals surface area (Å²) in [6.45, 7) is 7.41. The van der Waals surface area contributed by atoms with Crippen LogP contribution in [0.5, 0.6) is 0 Å². The maximum absolute atomic E-state index is 5.95. The summed E-state index contributed by atoms with van der Waals surface area (Å²) < 4.78 is 0. The molecule has 0 aromatic carbocycles. The summed E-state index contributed by atoms with van der Waals surface area (Å²) in [6, 6.07) is 4.26. The molecule has 2 rings (SSSR count). The average Bonchev–Trinajstić information content (AvgIpc) is 2.94. The van der Waals surface area contributed by atoms with Gasteiger partial charge < -0.3 is 11.1 Å². The van der Waals surface area contributed by atoms with Gasteiger partial charge in [-0.25, -0.2) is 9.97 Å². The number of anilines is 2. The summed E-state index contributed by atoms with van der Waals surface area (Å²) in [7, 11) is 0. The maximum Gasteiger partial charge on any atom is 0.134 e. The van der Waals surface area contributed by atoms with Gasteiger partial charge in [0.2, 0.25) is 0 Å². The van der Waals surface area contributed by atoms with E-state index in [2.05, 4.69) is 53.6 Å². The van der Waals surface area contributed by atoms with Crippen LogP contribution in [0.1, 0.15) is 37.6 Å². The Hall–Kier alpha value is -1.62. The molecule has 0 aliphatic carbocycles. The summed E-state index contributed by atoms with van der Waals surface area (Å²) in [6.07, 6.45) is 3.45. The molecule has 0 spiro atoms. The van der Waals surface area contributed by atoms with E-state index in [-0.39, 0.29) is 5.41 Å². The van der Waals surface area contributed by atoms with E-state index in [4.69, 9.17) is 5.73 Å². The molecule has 20 heavy (non-hydrogen) atoms. The van der Waals surface area contributed by atoms with Crippen molar-refractivity contribution in [1.29, 1.82) is 0 Å². The molecule has 5 heteroatoms. The van der Waals surface area contributed by atoms with E-state index >= 15 is 0 Å². The Labute approximate surface area is 124 Å². The van der Waals surface area contributed by atoms with Crippen LogP contribution < -0.4 is 11.1 Å². The fraction of sp³-hybridized carbons (Fsp3) is 0.467. The summed E-state index contributed by atoms with van der Waals surface area (Å²) >= 11 is 1.79.